The van der Waals surface area contributed by atoms with Crippen molar-refractivity contribution in [3.63, 3.8) is 0 Å². The van der Waals surface area contributed by atoms with Gasteiger partial charge >= 0.3 is 0 Å². The summed E-state index contributed by atoms with van der Waals surface area (Å²) in [5.74, 6) is 1.17. The van der Waals surface area contributed by atoms with Gasteiger partial charge in [0.2, 0.25) is 0 Å². The lowest BCUT2D eigenvalue weighted by atomic mass is 10.2. The van der Waals surface area contributed by atoms with Crippen molar-refractivity contribution in [2.45, 2.75) is 0 Å². The van der Waals surface area contributed by atoms with Gasteiger partial charge in [0.25, 0.3) is 0 Å². The number of methoxy groups -OCH3 is 1. The Labute approximate surface area is 114 Å². The average Bonchev–Trinajstić information content (AvgIpc) is 2.49. The second kappa shape index (κ2) is 7.77. The third kappa shape index (κ3) is 5.13. The summed E-state index contributed by atoms with van der Waals surface area (Å²) in [6, 6.07) is 14.6. The molecule has 0 amide bonds. The fourth-order valence-electron chi connectivity index (χ4n) is 1.35. The van der Waals surface area contributed by atoms with Crippen molar-refractivity contribution in [2.24, 2.45) is 0 Å². The summed E-state index contributed by atoms with van der Waals surface area (Å²) in [5, 5.41) is 8.82. The second-order valence-corrected chi connectivity index (χ2v) is 3.77. The lowest BCUT2D eigenvalue weighted by molar-refractivity contribution is 0.415. The van der Waals surface area contributed by atoms with Crippen molar-refractivity contribution in [1.29, 1.82) is 0 Å². The molecule has 0 heterocycles. The van der Waals surface area contributed by atoms with E-state index in [4.69, 9.17) is 9.84 Å². The molecular weight excluding hydrogens is 236 g/mol. The molecule has 0 saturated carbocycles. The molecule has 0 aromatic heterocycles. The van der Waals surface area contributed by atoms with E-state index in [1.54, 1.807) is 31.4 Å². The lowest BCUT2D eigenvalue weighted by Crippen LogP contribution is -1.80. The molecule has 0 atom stereocenters. The SMILES string of the molecule is C=Cc1ccc(O)cc1.C=Cc1ccc(OC)cc1. The molecule has 0 fully saturated rings. The maximum absolute atomic E-state index is 8.82. The van der Waals surface area contributed by atoms with E-state index in [0.717, 1.165) is 16.9 Å². The molecule has 0 aliphatic rings. The minimum atomic E-state index is 0.292. The van der Waals surface area contributed by atoms with Gasteiger partial charge in [-0.3, -0.25) is 0 Å². The van der Waals surface area contributed by atoms with Gasteiger partial charge in [-0.15, -0.1) is 0 Å². The Kier molecular flexibility index (Phi) is 5.96. The van der Waals surface area contributed by atoms with Crippen LogP contribution in [0.15, 0.2) is 61.7 Å². The summed E-state index contributed by atoms with van der Waals surface area (Å²) in [7, 11) is 1.66. The number of aromatic hydroxyl groups is 1. The highest BCUT2D eigenvalue weighted by molar-refractivity contribution is 5.48. The maximum Gasteiger partial charge on any atom is 0.118 e. The van der Waals surface area contributed by atoms with Crippen molar-refractivity contribution in [1.82, 2.24) is 0 Å². The first-order chi connectivity index (χ1) is 9.19. The monoisotopic (exact) mass is 254 g/mol. The predicted molar refractivity (Wildman–Crippen MR) is 81.3 cm³/mol. The summed E-state index contributed by atoms with van der Waals surface area (Å²) in [6.45, 7) is 7.22. The molecule has 0 bridgehead atoms. The van der Waals surface area contributed by atoms with Crippen molar-refractivity contribution >= 4 is 12.2 Å². The number of benzene rings is 2. The van der Waals surface area contributed by atoms with Crippen LogP contribution < -0.4 is 4.74 Å². The van der Waals surface area contributed by atoms with Crippen LogP contribution in [0.5, 0.6) is 11.5 Å². The molecule has 0 unspecified atom stereocenters. The first kappa shape index (κ1) is 14.6. The standard InChI is InChI=1S/C9H10O.C8H8O/c1-3-8-4-6-9(10-2)7-5-8;1-2-7-3-5-8(9)6-4-7/h3-7H,1H2,2H3;2-6,9H,1H2. The minimum Gasteiger partial charge on any atom is -0.508 e. The number of hydrogen-bond donors (Lipinski definition) is 1. The smallest absolute Gasteiger partial charge is 0.118 e. The maximum atomic E-state index is 8.82. The Morgan fingerprint density at radius 3 is 1.63 bits per heavy atom. The number of phenolic OH excluding ortho intramolecular Hbond substituents is 1. The normalized spacial score (nSPS) is 8.89. The van der Waals surface area contributed by atoms with E-state index in [0.29, 0.717) is 5.75 Å². The summed E-state index contributed by atoms with van der Waals surface area (Å²) in [4.78, 5) is 0. The van der Waals surface area contributed by atoms with E-state index >= 15 is 0 Å². The highest BCUT2D eigenvalue weighted by atomic mass is 16.5. The van der Waals surface area contributed by atoms with Gasteiger partial charge in [-0.1, -0.05) is 49.6 Å². The topological polar surface area (TPSA) is 29.5 Å². The molecule has 0 aliphatic carbocycles. The van der Waals surface area contributed by atoms with Crippen molar-refractivity contribution < 1.29 is 9.84 Å². The van der Waals surface area contributed by atoms with Crippen LogP contribution in [0, 0.1) is 0 Å². The highest BCUT2D eigenvalue weighted by Crippen LogP contribution is 2.11. The van der Waals surface area contributed by atoms with E-state index in [9.17, 15) is 0 Å². The number of phenols is 1. The fraction of sp³-hybridized carbons (Fsp3) is 0.0588. The van der Waals surface area contributed by atoms with Gasteiger partial charge in [-0.05, 0) is 35.4 Å². The van der Waals surface area contributed by atoms with Crippen LogP contribution in [0.4, 0.5) is 0 Å². The molecule has 2 rings (SSSR count). The Morgan fingerprint density at radius 2 is 1.26 bits per heavy atom. The van der Waals surface area contributed by atoms with E-state index < -0.39 is 0 Å². The van der Waals surface area contributed by atoms with Crippen molar-refractivity contribution in [2.75, 3.05) is 7.11 Å². The molecular formula is C17H18O2. The van der Waals surface area contributed by atoms with Gasteiger partial charge in [0.05, 0.1) is 7.11 Å². The third-order valence-electron chi connectivity index (χ3n) is 2.48. The molecule has 1 N–H and O–H groups in total. The highest BCUT2D eigenvalue weighted by Gasteiger charge is 1.87. The van der Waals surface area contributed by atoms with Gasteiger partial charge in [-0.2, -0.15) is 0 Å². The second-order valence-electron chi connectivity index (χ2n) is 3.77. The molecule has 2 aromatic rings. The largest absolute Gasteiger partial charge is 0.508 e. The molecule has 19 heavy (non-hydrogen) atoms. The van der Waals surface area contributed by atoms with Crippen molar-refractivity contribution in [3.05, 3.63) is 72.8 Å². The number of ether oxygens (including phenoxy) is 1. The van der Waals surface area contributed by atoms with Crippen LogP contribution in [-0.4, -0.2) is 12.2 Å². The van der Waals surface area contributed by atoms with Crippen LogP contribution in [-0.2, 0) is 0 Å². The van der Waals surface area contributed by atoms with Crippen LogP contribution in [0.2, 0.25) is 0 Å². The lowest BCUT2D eigenvalue weighted by Gasteiger charge is -1.97. The summed E-state index contributed by atoms with van der Waals surface area (Å²) >= 11 is 0. The Morgan fingerprint density at radius 1 is 0.842 bits per heavy atom. The Hall–Kier alpha value is -2.48. The molecule has 2 aromatic carbocycles. The molecule has 2 nitrogen and oxygen atoms in total. The van der Waals surface area contributed by atoms with Gasteiger partial charge in [0.15, 0.2) is 0 Å². The van der Waals surface area contributed by atoms with Crippen LogP contribution in [0.1, 0.15) is 11.1 Å². The zero-order chi connectivity index (χ0) is 14.1. The molecule has 2 heteroatoms. The summed E-state index contributed by atoms with van der Waals surface area (Å²) in [6.07, 6.45) is 3.54. The Bertz CT molecular complexity index is 510. The Balaban J connectivity index is 0.000000191. The van der Waals surface area contributed by atoms with E-state index in [1.807, 2.05) is 36.4 Å². The fourth-order valence-corrected chi connectivity index (χ4v) is 1.35. The van der Waals surface area contributed by atoms with Gasteiger partial charge in [0, 0.05) is 0 Å². The predicted octanol–water partition coefficient (Wildman–Crippen LogP) is 4.37. The van der Waals surface area contributed by atoms with Crippen LogP contribution in [0.3, 0.4) is 0 Å². The summed E-state index contributed by atoms with van der Waals surface area (Å²) < 4.78 is 4.98. The van der Waals surface area contributed by atoms with E-state index in [1.165, 1.54) is 0 Å². The zero-order valence-corrected chi connectivity index (χ0v) is 11.0. The van der Waals surface area contributed by atoms with E-state index in [2.05, 4.69) is 13.2 Å². The summed E-state index contributed by atoms with van der Waals surface area (Å²) in [5.41, 5.74) is 2.13. The van der Waals surface area contributed by atoms with Gasteiger partial charge in [0.1, 0.15) is 11.5 Å². The van der Waals surface area contributed by atoms with E-state index in [-0.39, 0.29) is 0 Å². The molecule has 0 saturated heterocycles. The van der Waals surface area contributed by atoms with Crippen LogP contribution in [0.25, 0.3) is 12.2 Å². The third-order valence-corrected chi connectivity index (χ3v) is 2.48. The average molecular weight is 254 g/mol. The molecule has 0 spiro atoms. The number of rotatable bonds is 3. The van der Waals surface area contributed by atoms with Crippen LogP contribution >= 0.6 is 0 Å². The molecule has 0 radical (unpaired) electrons. The quantitative estimate of drug-likeness (QED) is 0.881. The molecule has 0 aliphatic heterocycles. The number of hydrogen-bond acceptors (Lipinski definition) is 2. The van der Waals surface area contributed by atoms with Gasteiger partial charge < -0.3 is 9.84 Å². The van der Waals surface area contributed by atoms with Crippen molar-refractivity contribution in [3.8, 4) is 11.5 Å². The minimum absolute atomic E-state index is 0.292. The first-order valence-corrected chi connectivity index (χ1v) is 5.87. The first-order valence-electron chi connectivity index (χ1n) is 5.87. The van der Waals surface area contributed by atoms with Gasteiger partial charge in [-0.25, -0.2) is 0 Å². The zero-order valence-electron chi connectivity index (χ0n) is 11.0. The molecule has 98 valence electrons.